The minimum Gasteiger partial charge on any atom is -0.371 e. The van der Waals surface area contributed by atoms with Gasteiger partial charge in [0.1, 0.15) is 0 Å². The minimum atomic E-state index is 0.0235. The molecule has 0 amide bonds. The summed E-state index contributed by atoms with van der Waals surface area (Å²) in [6, 6.07) is 13.7. The highest BCUT2D eigenvalue weighted by atomic mass is 32.2. The average molecular weight is 327 g/mol. The Kier molecular flexibility index (Phi) is 5.16. The number of hydrogen-bond acceptors (Lipinski definition) is 4. The molecule has 2 aromatic carbocycles. The van der Waals surface area contributed by atoms with Gasteiger partial charge in [-0.3, -0.25) is 4.79 Å². The third kappa shape index (κ3) is 3.50. The van der Waals surface area contributed by atoms with E-state index >= 15 is 0 Å². The largest absolute Gasteiger partial charge is 0.371 e. The third-order valence-corrected chi connectivity index (χ3v) is 4.99. The average Bonchev–Trinajstić information content (AvgIpc) is 2.62. The van der Waals surface area contributed by atoms with Gasteiger partial charge < -0.3 is 10.1 Å². The molecule has 1 N–H and O–H groups in total. The monoisotopic (exact) mass is 327 g/mol. The molecule has 0 spiro atoms. The van der Waals surface area contributed by atoms with E-state index in [-0.39, 0.29) is 11.9 Å². The molecule has 1 saturated heterocycles. The van der Waals surface area contributed by atoms with Gasteiger partial charge in [0, 0.05) is 29.1 Å². The van der Waals surface area contributed by atoms with Crippen molar-refractivity contribution in [3.63, 3.8) is 0 Å². The van der Waals surface area contributed by atoms with Gasteiger partial charge in [0.15, 0.2) is 5.78 Å². The number of hydrogen-bond donors (Lipinski definition) is 1. The zero-order chi connectivity index (χ0) is 16.2. The van der Waals surface area contributed by atoms with Crippen molar-refractivity contribution in [2.45, 2.75) is 17.9 Å². The van der Waals surface area contributed by atoms with Crippen LogP contribution in [0.5, 0.6) is 0 Å². The van der Waals surface area contributed by atoms with Crippen molar-refractivity contribution >= 4 is 17.5 Å². The first-order valence-electron chi connectivity index (χ1n) is 7.81. The first-order valence-corrected chi connectivity index (χ1v) is 9.04. The molecule has 0 bridgehead atoms. The van der Waals surface area contributed by atoms with Crippen LogP contribution >= 0.6 is 11.8 Å². The van der Waals surface area contributed by atoms with Crippen LogP contribution in [0.3, 0.4) is 0 Å². The normalized spacial score (nSPS) is 17.9. The molecule has 1 aliphatic rings. The van der Waals surface area contributed by atoms with Crippen molar-refractivity contribution < 1.29 is 9.53 Å². The summed E-state index contributed by atoms with van der Waals surface area (Å²) in [5, 5.41) is 3.34. The van der Waals surface area contributed by atoms with Gasteiger partial charge in [-0.05, 0) is 48.6 Å². The highest BCUT2D eigenvalue weighted by Gasteiger charge is 2.21. The molecule has 120 valence electrons. The molecule has 1 unspecified atom stereocenters. The summed E-state index contributed by atoms with van der Waals surface area (Å²) in [7, 11) is 0. The summed E-state index contributed by atoms with van der Waals surface area (Å²) < 4.78 is 5.84. The van der Waals surface area contributed by atoms with Gasteiger partial charge >= 0.3 is 0 Å². The van der Waals surface area contributed by atoms with Crippen LogP contribution in [-0.2, 0) is 4.74 Å². The number of morpholine rings is 1. The van der Waals surface area contributed by atoms with Gasteiger partial charge in [-0.15, -0.1) is 11.8 Å². The Hall–Kier alpha value is -1.62. The lowest BCUT2D eigenvalue weighted by Crippen LogP contribution is -2.33. The lowest BCUT2D eigenvalue weighted by molar-refractivity contribution is 0.0273. The molecule has 2 aromatic rings. The topological polar surface area (TPSA) is 38.3 Å². The Bertz CT molecular complexity index is 691. The summed E-state index contributed by atoms with van der Waals surface area (Å²) in [6.07, 6.45) is 2.05. The van der Waals surface area contributed by atoms with Gasteiger partial charge in [-0.2, -0.15) is 0 Å². The van der Waals surface area contributed by atoms with E-state index in [1.807, 2.05) is 49.6 Å². The number of carbonyl (C=O) groups is 1. The van der Waals surface area contributed by atoms with Gasteiger partial charge in [-0.1, -0.05) is 18.2 Å². The molecule has 0 saturated carbocycles. The van der Waals surface area contributed by atoms with E-state index in [4.69, 9.17) is 4.74 Å². The van der Waals surface area contributed by atoms with Crippen molar-refractivity contribution in [3.8, 4) is 0 Å². The predicted octanol–water partition coefficient (Wildman–Crippen LogP) is 3.61. The molecule has 1 fully saturated rings. The maximum Gasteiger partial charge on any atom is 0.193 e. The van der Waals surface area contributed by atoms with Crippen molar-refractivity contribution in [3.05, 3.63) is 64.7 Å². The molecular weight excluding hydrogens is 306 g/mol. The second kappa shape index (κ2) is 7.30. The molecule has 4 heteroatoms. The number of rotatable bonds is 4. The smallest absolute Gasteiger partial charge is 0.193 e. The molecule has 0 aromatic heterocycles. The Labute approximate surface area is 141 Å². The summed E-state index contributed by atoms with van der Waals surface area (Å²) in [5.74, 6) is 0.0702. The third-order valence-electron chi connectivity index (χ3n) is 4.25. The summed E-state index contributed by atoms with van der Waals surface area (Å²) in [4.78, 5) is 14.0. The number of thioether (sulfide) groups is 1. The van der Waals surface area contributed by atoms with Crippen molar-refractivity contribution in [2.24, 2.45) is 0 Å². The summed E-state index contributed by atoms with van der Waals surface area (Å²) >= 11 is 1.67. The van der Waals surface area contributed by atoms with Crippen molar-refractivity contribution in [1.82, 2.24) is 5.32 Å². The molecule has 1 aliphatic heterocycles. The molecule has 1 atom stereocenters. The maximum atomic E-state index is 12.8. The number of carbonyl (C=O) groups excluding carboxylic acids is 1. The van der Waals surface area contributed by atoms with Crippen molar-refractivity contribution in [1.29, 1.82) is 0 Å². The Morgan fingerprint density at radius 1 is 1.22 bits per heavy atom. The molecule has 23 heavy (non-hydrogen) atoms. The van der Waals surface area contributed by atoms with Gasteiger partial charge in [0.05, 0.1) is 12.7 Å². The molecule has 0 radical (unpaired) electrons. The van der Waals surface area contributed by atoms with E-state index in [1.165, 1.54) is 0 Å². The van der Waals surface area contributed by atoms with E-state index in [1.54, 1.807) is 11.8 Å². The second-order valence-electron chi connectivity index (χ2n) is 5.64. The lowest BCUT2D eigenvalue weighted by Gasteiger charge is -2.26. The first kappa shape index (κ1) is 16.2. The maximum absolute atomic E-state index is 12.8. The summed E-state index contributed by atoms with van der Waals surface area (Å²) in [5.41, 5.74) is 3.60. The standard InChI is InChI=1S/C19H21NO2S/c1-13-16(18-12-20-10-11-22-18)4-3-5-17(13)19(21)14-6-8-15(23-2)9-7-14/h3-9,18,20H,10-12H2,1-2H3. The fraction of sp³-hybridized carbons (Fsp3) is 0.316. The molecule has 0 aliphatic carbocycles. The van der Waals surface area contributed by atoms with Gasteiger partial charge in [0.2, 0.25) is 0 Å². The van der Waals surface area contributed by atoms with Gasteiger partial charge in [-0.25, -0.2) is 0 Å². The van der Waals surface area contributed by atoms with Crippen molar-refractivity contribution in [2.75, 3.05) is 26.0 Å². The van der Waals surface area contributed by atoms with E-state index in [2.05, 4.69) is 11.4 Å². The quantitative estimate of drug-likeness (QED) is 0.688. The van der Waals surface area contributed by atoms with E-state index < -0.39 is 0 Å². The Morgan fingerprint density at radius 2 is 2.00 bits per heavy atom. The SMILES string of the molecule is CSc1ccc(C(=O)c2cccc(C3CNCCO3)c2C)cc1. The highest BCUT2D eigenvalue weighted by Crippen LogP contribution is 2.26. The molecular formula is C19H21NO2S. The highest BCUT2D eigenvalue weighted by molar-refractivity contribution is 7.98. The fourth-order valence-corrected chi connectivity index (χ4v) is 3.32. The first-order chi connectivity index (χ1) is 11.2. The van der Waals surface area contributed by atoms with Gasteiger partial charge in [0.25, 0.3) is 0 Å². The van der Waals surface area contributed by atoms with Crippen LogP contribution in [-0.4, -0.2) is 31.7 Å². The van der Waals surface area contributed by atoms with E-state index in [9.17, 15) is 4.79 Å². The Balaban J connectivity index is 1.90. The number of benzene rings is 2. The van der Waals surface area contributed by atoms with E-state index in [0.29, 0.717) is 6.61 Å². The van der Waals surface area contributed by atoms with Crippen LogP contribution in [0.25, 0.3) is 0 Å². The molecule has 3 rings (SSSR count). The molecule has 1 heterocycles. The van der Waals surface area contributed by atoms with Crippen LogP contribution in [0, 0.1) is 6.92 Å². The number of ether oxygens (including phenoxy) is 1. The van der Waals surface area contributed by atoms with Crippen LogP contribution in [0.1, 0.15) is 33.2 Å². The Morgan fingerprint density at radius 3 is 2.65 bits per heavy atom. The van der Waals surface area contributed by atoms with E-state index in [0.717, 1.165) is 40.2 Å². The number of ketones is 1. The molecule has 3 nitrogen and oxygen atoms in total. The minimum absolute atomic E-state index is 0.0235. The second-order valence-corrected chi connectivity index (χ2v) is 6.52. The van der Waals surface area contributed by atoms with Crippen LogP contribution in [0.15, 0.2) is 47.4 Å². The zero-order valence-electron chi connectivity index (χ0n) is 13.5. The van der Waals surface area contributed by atoms with Crippen LogP contribution in [0.4, 0.5) is 0 Å². The van der Waals surface area contributed by atoms with Crippen LogP contribution < -0.4 is 5.32 Å². The lowest BCUT2D eigenvalue weighted by atomic mass is 9.93. The predicted molar refractivity (Wildman–Crippen MR) is 94.4 cm³/mol. The zero-order valence-corrected chi connectivity index (χ0v) is 14.3. The fourth-order valence-electron chi connectivity index (χ4n) is 2.91. The number of nitrogens with one attached hydrogen (secondary N) is 1. The summed E-state index contributed by atoms with van der Waals surface area (Å²) in [6.45, 7) is 4.39. The van der Waals surface area contributed by atoms with Crippen LogP contribution in [0.2, 0.25) is 0 Å².